The average Bonchev–Trinajstić information content (AvgIpc) is 3.55. The van der Waals surface area contributed by atoms with Crippen molar-refractivity contribution in [2.45, 2.75) is 45.6 Å². The number of carbonyl (C=O) groups excluding carboxylic acids is 2. The quantitative estimate of drug-likeness (QED) is 0.383. The maximum Gasteiger partial charge on any atom is 0.343 e. The molecule has 9 nitrogen and oxygen atoms in total. The lowest BCUT2D eigenvalue weighted by atomic mass is 10.0. The van der Waals surface area contributed by atoms with Crippen LogP contribution in [0.4, 0.5) is 10.5 Å². The Kier molecular flexibility index (Phi) is 7.39. The van der Waals surface area contributed by atoms with Crippen molar-refractivity contribution in [2.24, 2.45) is 11.8 Å². The maximum atomic E-state index is 12.6. The Bertz CT molecular complexity index is 1310. The first kappa shape index (κ1) is 24.8. The number of urea groups is 1. The summed E-state index contributed by atoms with van der Waals surface area (Å²) in [6.07, 6.45) is 4.89. The van der Waals surface area contributed by atoms with E-state index in [1.54, 1.807) is 4.57 Å². The van der Waals surface area contributed by atoms with Gasteiger partial charge in [-0.2, -0.15) is 5.10 Å². The summed E-state index contributed by atoms with van der Waals surface area (Å²) < 4.78 is 1.69. The van der Waals surface area contributed by atoms with Gasteiger partial charge in [-0.05, 0) is 54.9 Å². The minimum absolute atomic E-state index is 0.209. The molecule has 3 aromatic rings. The fourth-order valence-corrected chi connectivity index (χ4v) is 4.88. The van der Waals surface area contributed by atoms with Crippen LogP contribution in [0.5, 0.6) is 0 Å². The highest BCUT2D eigenvalue weighted by molar-refractivity contribution is 5.90. The van der Waals surface area contributed by atoms with E-state index in [1.807, 2.05) is 53.4 Å². The van der Waals surface area contributed by atoms with Crippen molar-refractivity contribution in [1.29, 1.82) is 0 Å². The topological polar surface area (TPSA) is 112 Å². The number of nitrogens with zero attached hydrogens (tertiary/aromatic N) is 3. The summed E-state index contributed by atoms with van der Waals surface area (Å²) in [5.41, 5.74) is 3.30. The van der Waals surface area contributed by atoms with Crippen LogP contribution in [-0.4, -0.2) is 51.2 Å². The molecule has 1 unspecified atom stereocenters. The molecule has 1 atom stereocenters. The number of likely N-dealkylation sites (tertiary alicyclic amines) is 1. The number of nitrogens with one attached hydrogen (secondary N) is 3. The number of carbonyl (C=O) groups is 2. The van der Waals surface area contributed by atoms with Gasteiger partial charge in [0.1, 0.15) is 0 Å². The molecule has 2 aromatic carbocycles. The molecule has 194 valence electrons. The fourth-order valence-electron chi connectivity index (χ4n) is 4.88. The molecule has 9 heteroatoms. The number of aromatic amines is 1. The van der Waals surface area contributed by atoms with E-state index in [1.165, 1.54) is 0 Å². The molecule has 0 bridgehead atoms. The molecule has 3 N–H and O–H groups in total. The molecule has 1 aromatic heterocycles. The molecule has 37 heavy (non-hydrogen) atoms. The lowest BCUT2D eigenvalue weighted by Crippen LogP contribution is -2.31. The second-order valence-electron chi connectivity index (χ2n) is 10.1. The summed E-state index contributed by atoms with van der Waals surface area (Å²) in [6, 6.07) is 15.4. The second kappa shape index (κ2) is 11.0. The number of hydrogen-bond donors (Lipinski definition) is 3. The van der Waals surface area contributed by atoms with Gasteiger partial charge in [0.15, 0.2) is 5.82 Å². The molecule has 1 saturated heterocycles. The molecule has 0 radical (unpaired) electrons. The molecule has 3 amide bonds. The first-order valence-corrected chi connectivity index (χ1v) is 13.2. The van der Waals surface area contributed by atoms with Crippen LogP contribution >= 0.6 is 0 Å². The zero-order valence-electron chi connectivity index (χ0n) is 21.2. The van der Waals surface area contributed by atoms with Crippen LogP contribution in [0.15, 0.2) is 53.3 Å². The lowest BCUT2D eigenvalue weighted by Gasteiger charge is -2.16. The highest BCUT2D eigenvalue weighted by Crippen LogP contribution is 2.33. The van der Waals surface area contributed by atoms with Gasteiger partial charge in [-0.25, -0.2) is 14.7 Å². The van der Waals surface area contributed by atoms with E-state index in [4.69, 9.17) is 0 Å². The van der Waals surface area contributed by atoms with E-state index >= 15 is 0 Å². The standard InChI is InChI=1S/C28H34N6O3/c1-2-3-14-29-27(36)30-24-6-4-5-23(16-24)20-7-9-21(10-8-20)25-31-32-28(37)34(25)18-19-13-15-33(17-19)26(35)22-11-12-22/h4-10,16,19,22H,2-3,11-15,17-18H2,1H3,(H,32,37)(H2,29,30,36). The minimum atomic E-state index is -0.234. The highest BCUT2D eigenvalue weighted by Gasteiger charge is 2.36. The maximum absolute atomic E-state index is 12.6. The van der Waals surface area contributed by atoms with Crippen molar-refractivity contribution in [1.82, 2.24) is 25.0 Å². The molecule has 1 aliphatic heterocycles. The first-order valence-electron chi connectivity index (χ1n) is 13.2. The molecule has 1 saturated carbocycles. The van der Waals surface area contributed by atoms with E-state index in [-0.39, 0.29) is 29.5 Å². The summed E-state index contributed by atoms with van der Waals surface area (Å²) in [7, 11) is 0. The Labute approximate surface area is 216 Å². The number of amides is 3. The normalized spacial score (nSPS) is 17.1. The number of unbranched alkanes of at least 4 members (excludes halogenated alkanes) is 1. The molecule has 5 rings (SSSR count). The van der Waals surface area contributed by atoms with Crippen molar-refractivity contribution in [3.05, 3.63) is 59.0 Å². The van der Waals surface area contributed by atoms with Crippen molar-refractivity contribution in [3.8, 4) is 22.5 Å². The summed E-state index contributed by atoms with van der Waals surface area (Å²) in [5.74, 6) is 1.34. The molecule has 1 aliphatic carbocycles. The number of H-pyrrole nitrogens is 1. The van der Waals surface area contributed by atoms with Crippen LogP contribution in [0.3, 0.4) is 0 Å². The largest absolute Gasteiger partial charge is 0.343 e. The molecule has 2 heterocycles. The Morgan fingerprint density at radius 1 is 1.05 bits per heavy atom. The van der Waals surface area contributed by atoms with Gasteiger partial charge in [-0.15, -0.1) is 0 Å². The van der Waals surface area contributed by atoms with Crippen LogP contribution in [0.2, 0.25) is 0 Å². The van der Waals surface area contributed by atoms with Gasteiger partial charge >= 0.3 is 11.7 Å². The van der Waals surface area contributed by atoms with Crippen LogP contribution in [0.25, 0.3) is 22.5 Å². The Morgan fingerprint density at radius 3 is 2.59 bits per heavy atom. The predicted octanol–water partition coefficient (Wildman–Crippen LogP) is 4.09. The van der Waals surface area contributed by atoms with Crippen molar-refractivity contribution in [2.75, 3.05) is 25.0 Å². The van der Waals surface area contributed by atoms with Gasteiger partial charge in [-0.3, -0.25) is 9.36 Å². The van der Waals surface area contributed by atoms with E-state index in [0.717, 1.165) is 61.0 Å². The molecule has 0 spiro atoms. The van der Waals surface area contributed by atoms with E-state index < -0.39 is 0 Å². The van der Waals surface area contributed by atoms with Gasteiger partial charge in [0.05, 0.1) is 0 Å². The first-order chi connectivity index (χ1) is 18.0. The molecular formula is C28H34N6O3. The third kappa shape index (κ3) is 5.93. The molecule has 2 fully saturated rings. The summed E-state index contributed by atoms with van der Waals surface area (Å²) in [5, 5.41) is 12.6. The molecular weight excluding hydrogens is 468 g/mol. The Hall–Kier alpha value is -3.88. The third-order valence-electron chi connectivity index (χ3n) is 7.14. The zero-order valence-corrected chi connectivity index (χ0v) is 21.2. The zero-order chi connectivity index (χ0) is 25.8. The van der Waals surface area contributed by atoms with Crippen LogP contribution in [0, 0.1) is 11.8 Å². The fraction of sp³-hybridized carbons (Fsp3) is 0.429. The van der Waals surface area contributed by atoms with Gasteiger partial charge in [0, 0.05) is 43.3 Å². The summed E-state index contributed by atoms with van der Waals surface area (Å²) >= 11 is 0. The minimum Gasteiger partial charge on any atom is -0.342 e. The number of rotatable bonds is 9. The summed E-state index contributed by atoms with van der Waals surface area (Å²) in [6.45, 7) is 4.74. The monoisotopic (exact) mass is 502 g/mol. The van der Waals surface area contributed by atoms with Crippen molar-refractivity contribution < 1.29 is 9.59 Å². The number of benzene rings is 2. The third-order valence-corrected chi connectivity index (χ3v) is 7.14. The van der Waals surface area contributed by atoms with Crippen LogP contribution in [0.1, 0.15) is 39.0 Å². The second-order valence-corrected chi connectivity index (χ2v) is 10.1. The number of aromatic nitrogens is 3. The Balaban J connectivity index is 1.25. The van der Waals surface area contributed by atoms with Crippen molar-refractivity contribution in [3.63, 3.8) is 0 Å². The SMILES string of the molecule is CCCCNC(=O)Nc1cccc(-c2ccc(-c3n[nH]c(=O)n3CC3CCN(C(=O)C4CC4)C3)cc2)c1. The lowest BCUT2D eigenvalue weighted by molar-refractivity contribution is -0.131. The number of hydrogen-bond acceptors (Lipinski definition) is 4. The van der Waals surface area contributed by atoms with Crippen LogP contribution < -0.4 is 16.3 Å². The average molecular weight is 503 g/mol. The van der Waals surface area contributed by atoms with E-state index in [2.05, 4.69) is 27.8 Å². The summed E-state index contributed by atoms with van der Waals surface area (Å²) in [4.78, 5) is 39.0. The van der Waals surface area contributed by atoms with E-state index in [0.29, 0.717) is 25.5 Å². The van der Waals surface area contributed by atoms with E-state index in [9.17, 15) is 14.4 Å². The van der Waals surface area contributed by atoms with Gasteiger partial charge < -0.3 is 15.5 Å². The number of anilines is 1. The van der Waals surface area contributed by atoms with Gasteiger partial charge in [0.25, 0.3) is 0 Å². The van der Waals surface area contributed by atoms with Crippen LogP contribution in [-0.2, 0) is 11.3 Å². The predicted molar refractivity (Wildman–Crippen MR) is 143 cm³/mol. The smallest absolute Gasteiger partial charge is 0.342 e. The van der Waals surface area contributed by atoms with Crippen molar-refractivity contribution >= 4 is 17.6 Å². The van der Waals surface area contributed by atoms with Gasteiger partial charge in [0.2, 0.25) is 5.91 Å². The highest BCUT2D eigenvalue weighted by atomic mass is 16.2. The molecule has 2 aliphatic rings. The van der Waals surface area contributed by atoms with Gasteiger partial charge in [-0.1, -0.05) is 49.7 Å². The Morgan fingerprint density at radius 2 is 1.84 bits per heavy atom.